The lowest BCUT2D eigenvalue weighted by Gasteiger charge is -2.15. The maximum absolute atomic E-state index is 5.83. The van der Waals surface area contributed by atoms with Gasteiger partial charge in [0, 0.05) is 19.1 Å². The highest BCUT2D eigenvalue weighted by Gasteiger charge is 2.21. The van der Waals surface area contributed by atoms with Gasteiger partial charge in [0.2, 0.25) is 0 Å². The summed E-state index contributed by atoms with van der Waals surface area (Å²) in [4.78, 5) is 0. The Hall–Kier alpha value is -1.52. The standard InChI is InChI=1S/C15H21NO3/c1-4-13-12(8-9-18-13)15(16-5-2)14-7-6-11(19-14)10-17-3/h6-9,15-16H,4-5,10H2,1-3H3. The van der Waals surface area contributed by atoms with Gasteiger partial charge in [-0.1, -0.05) is 13.8 Å². The zero-order valence-electron chi connectivity index (χ0n) is 11.7. The van der Waals surface area contributed by atoms with E-state index >= 15 is 0 Å². The van der Waals surface area contributed by atoms with E-state index in [1.807, 2.05) is 18.2 Å². The van der Waals surface area contributed by atoms with Crippen LogP contribution in [0.25, 0.3) is 0 Å². The van der Waals surface area contributed by atoms with Crippen LogP contribution < -0.4 is 5.32 Å². The first-order valence-corrected chi connectivity index (χ1v) is 6.67. The van der Waals surface area contributed by atoms with E-state index in [1.165, 1.54) is 0 Å². The van der Waals surface area contributed by atoms with Crippen molar-refractivity contribution in [3.63, 3.8) is 0 Å². The largest absolute Gasteiger partial charge is 0.469 e. The predicted octanol–water partition coefficient (Wildman–Crippen LogP) is 3.28. The Kier molecular flexibility index (Phi) is 4.82. The van der Waals surface area contributed by atoms with Crippen molar-refractivity contribution < 1.29 is 13.6 Å². The smallest absolute Gasteiger partial charge is 0.129 e. The lowest BCUT2D eigenvalue weighted by atomic mass is 10.0. The highest BCUT2D eigenvalue weighted by atomic mass is 16.5. The highest BCUT2D eigenvalue weighted by molar-refractivity contribution is 5.29. The number of furan rings is 2. The molecule has 0 fully saturated rings. The predicted molar refractivity (Wildman–Crippen MR) is 73.0 cm³/mol. The molecular weight excluding hydrogens is 242 g/mol. The van der Waals surface area contributed by atoms with Crippen LogP contribution >= 0.6 is 0 Å². The normalized spacial score (nSPS) is 12.8. The monoisotopic (exact) mass is 263 g/mol. The van der Waals surface area contributed by atoms with E-state index < -0.39 is 0 Å². The second kappa shape index (κ2) is 6.59. The van der Waals surface area contributed by atoms with E-state index in [2.05, 4.69) is 19.2 Å². The molecule has 2 rings (SSSR count). The Bertz CT molecular complexity index is 501. The number of methoxy groups -OCH3 is 1. The number of nitrogens with one attached hydrogen (secondary N) is 1. The Morgan fingerprint density at radius 2 is 2.11 bits per heavy atom. The SMILES string of the molecule is CCNC(c1ccc(COC)o1)c1ccoc1CC. The maximum atomic E-state index is 5.83. The third-order valence-corrected chi connectivity index (χ3v) is 3.07. The molecule has 2 aromatic rings. The van der Waals surface area contributed by atoms with Gasteiger partial charge in [0.1, 0.15) is 23.9 Å². The van der Waals surface area contributed by atoms with Crippen molar-refractivity contribution in [1.82, 2.24) is 5.32 Å². The lowest BCUT2D eigenvalue weighted by Crippen LogP contribution is -2.22. The topological polar surface area (TPSA) is 47.5 Å². The van der Waals surface area contributed by atoms with Gasteiger partial charge in [0.15, 0.2) is 0 Å². The second-order valence-electron chi connectivity index (χ2n) is 4.38. The van der Waals surface area contributed by atoms with Crippen molar-refractivity contribution >= 4 is 0 Å². The summed E-state index contributed by atoms with van der Waals surface area (Å²) in [5, 5.41) is 3.44. The van der Waals surface area contributed by atoms with Crippen LogP contribution in [0, 0.1) is 0 Å². The van der Waals surface area contributed by atoms with Crippen LogP contribution in [-0.2, 0) is 17.8 Å². The van der Waals surface area contributed by atoms with E-state index in [0.29, 0.717) is 6.61 Å². The third kappa shape index (κ3) is 3.08. The molecule has 4 heteroatoms. The molecule has 0 spiro atoms. The van der Waals surface area contributed by atoms with Gasteiger partial charge in [-0.05, 0) is 24.7 Å². The molecule has 1 atom stereocenters. The summed E-state index contributed by atoms with van der Waals surface area (Å²) in [6.07, 6.45) is 2.60. The van der Waals surface area contributed by atoms with Crippen LogP contribution in [0.1, 0.15) is 42.7 Å². The number of hydrogen-bond donors (Lipinski definition) is 1. The lowest BCUT2D eigenvalue weighted by molar-refractivity contribution is 0.162. The Balaban J connectivity index is 2.28. The van der Waals surface area contributed by atoms with Crippen molar-refractivity contribution in [3.8, 4) is 0 Å². The van der Waals surface area contributed by atoms with Crippen LogP contribution in [0.5, 0.6) is 0 Å². The van der Waals surface area contributed by atoms with E-state index in [-0.39, 0.29) is 6.04 Å². The first kappa shape index (κ1) is 13.9. The van der Waals surface area contributed by atoms with Gasteiger partial charge in [-0.3, -0.25) is 0 Å². The first-order chi connectivity index (χ1) is 9.30. The molecule has 0 aliphatic rings. The van der Waals surface area contributed by atoms with E-state index in [1.54, 1.807) is 13.4 Å². The average molecular weight is 263 g/mol. The van der Waals surface area contributed by atoms with Crippen LogP contribution in [0.4, 0.5) is 0 Å². The van der Waals surface area contributed by atoms with Crippen LogP contribution in [0.3, 0.4) is 0 Å². The number of aryl methyl sites for hydroxylation is 1. The summed E-state index contributed by atoms with van der Waals surface area (Å²) in [5.74, 6) is 2.72. The fourth-order valence-electron chi connectivity index (χ4n) is 2.23. The highest BCUT2D eigenvalue weighted by Crippen LogP contribution is 2.28. The molecule has 2 aromatic heterocycles. The first-order valence-electron chi connectivity index (χ1n) is 6.67. The Morgan fingerprint density at radius 1 is 1.26 bits per heavy atom. The average Bonchev–Trinajstić information content (AvgIpc) is 3.05. The van der Waals surface area contributed by atoms with Gasteiger partial charge in [-0.2, -0.15) is 0 Å². The van der Waals surface area contributed by atoms with Crippen molar-refractivity contribution in [2.24, 2.45) is 0 Å². The van der Waals surface area contributed by atoms with Gasteiger partial charge < -0.3 is 18.9 Å². The summed E-state index contributed by atoms with van der Waals surface area (Å²) < 4.78 is 16.4. The van der Waals surface area contributed by atoms with Gasteiger partial charge in [-0.25, -0.2) is 0 Å². The number of ether oxygens (including phenoxy) is 1. The molecule has 2 heterocycles. The third-order valence-electron chi connectivity index (χ3n) is 3.07. The number of hydrogen-bond acceptors (Lipinski definition) is 4. The van der Waals surface area contributed by atoms with Crippen molar-refractivity contribution in [2.45, 2.75) is 32.9 Å². The van der Waals surface area contributed by atoms with E-state index in [4.69, 9.17) is 13.6 Å². The van der Waals surface area contributed by atoms with Crippen LogP contribution in [-0.4, -0.2) is 13.7 Å². The Labute approximate surface area is 113 Å². The summed E-state index contributed by atoms with van der Waals surface area (Å²) in [6, 6.07) is 5.98. The zero-order valence-corrected chi connectivity index (χ0v) is 11.7. The molecule has 1 N–H and O–H groups in total. The fourth-order valence-corrected chi connectivity index (χ4v) is 2.23. The molecule has 1 unspecified atom stereocenters. The molecule has 0 aromatic carbocycles. The second-order valence-corrected chi connectivity index (χ2v) is 4.38. The minimum Gasteiger partial charge on any atom is -0.469 e. The minimum atomic E-state index is 0.0318. The summed E-state index contributed by atoms with van der Waals surface area (Å²) >= 11 is 0. The molecule has 0 aliphatic carbocycles. The molecule has 104 valence electrons. The quantitative estimate of drug-likeness (QED) is 0.832. The molecule has 19 heavy (non-hydrogen) atoms. The van der Waals surface area contributed by atoms with Crippen LogP contribution in [0.2, 0.25) is 0 Å². The van der Waals surface area contributed by atoms with Crippen molar-refractivity contribution in [3.05, 3.63) is 47.3 Å². The minimum absolute atomic E-state index is 0.0318. The van der Waals surface area contributed by atoms with Crippen molar-refractivity contribution in [2.75, 3.05) is 13.7 Å². The molecule has 4 nitrogen and oxygen atoms in total. The van der Waals surface area contributed by atoms with E-state index in [9.17, 15) is 0 Å². The molecule has 0 aliphatic heterocycles. The molecule has 0 radical (unpaired) electrons. The number of rotatable bonds is 7. The Morgan fingerprint density at radius 3 is 2.79 bits per heavy atom. The summed E-state index contributed by atoms with van der Waals surface area (Å²) in [6.45, 7) is 5.52. The van der Waals surface area contributed by atoms with Gasteiger partial charge in [-0.15, -0.1) is 0 Å². The molecule has 0 bridgehead atoms. The van der Waals surface area contributed by atoms with E-state index in [0.717, 1.165) is 35.8 Å². The fraction of sp³-hybridized carbons (Fsp3) is 0.467. The van der Waals surface area contributed by atoms with Crippen LogP contribution in [0.15, 0.2) is 33.3 Å². The van der Waals surface area contributed by atoms with Gasteiger partial charge >= 0.3 is 0 Å². The molecule has 0 saturated carbocycles. The summed E-state index contributed by atoms with van der Waals surface area (Å²) in [7, 11) is 1.66. The summed E-state index contributed by atoms with van der Waals surface area (Å²) in [5.41, 5.74) is 1.14. The van der Waals surface area contributed by atoms with Gasteiger partial charge in [0.05, 0.1) is 12.3 Å². The van der Waals surface area contributed by atoms with Gasteiger partial charge in [0.25, 0.3) is 0 Å². The zero-order chi connectivity index (χ0) is 13.7. The van der Waals surface area contributed by atoms with Crippen molar-refractivity contribution in [1.29, 1.82) is 0 Å². The maximum Gasteiger partial charge on any atom is 0.129 e. The molecular formula is C15H21NO3. The molecule has 0 saturated heterocycles. The molecule has 0 amide bonds.